The van der Waals surface area contributed by atoms with Crippen LogP contribution in [0.1, 0.15) is 10.5 Å². The number of hydrogen-bond donors (Lipinski definition) is 2. The van der Waals surface area contributed by atoms with E-state index < -0.39 is 0 Å². The number of hydrogen-bond acceptors (Lipinski definition) is 3. The summed E-state index contributed by atoms with van der Waals surface area (Å²) in [7, 11) is 0. The van der Waals surface area contributed by atoms with Crippen LogP contribution in [-0.4, -0.2) is 30.1 Å². The van der Waals surface area contributed by atoms with E-state index in [1.165, 1.54) is 0 Å². The Morgan fingerprint density at radius 3 is 2.55 bits per heavy atom. The van der Waals surface area contributed by atoms with Crippen LogP contribution in [0.3, 0.4) is 0 Å². The van der Waals surface area contributed by atoms with Gasteiger partial charge in [0, 0.05) is 11.4 Å². The molecule has 114 valence electrons. The van der Waals surface area contributed by atoms with Gasteiger partial charge in [0.25, 0.3) is 5.91 Å². The summed E-state index contributed by atoms with van der Waals surface area (Å²) in [6.07, 6.45) is -0.349. The standard InChI is InChI=1S/C14H11Br2N3O3/c15-10-7-11(18-12(10)16)13(20)17-8-1-3-9(4-2-8)19-5-6-22-14(19)21/h1-4,7,18H,5-6H2,(H,17,20). The predicted octanol–water partition coefficient (Wildman–Crippen LogP) is 3.75. The molecule has 1 aromatic carbocycles. The Labute approximate surface area is 143 Å². The summed E-state index contributed by atoms with van der Waals surface area (Å²) in [5.74, 6) is -0.250. The van der Waals surface area contributed by atoms with Gasteiger partial charge in [-0.15, -0.1) is 0 Å². The number of nitrogens with one attached hydrogen (secondary N) is 2. The lowest BCUT2D eigenvalue weighted by Gasteiger charge is -2.13. The average Bonchev–Trinajstić information content (AvgIpc) is 3.07. The number of ether oxygens (including phenoxy) is 1. The number of carbonyl (C=O) groups is 2. The van der Waals surface area contributed by atoms with Gasteiger partial charge >= 0.3 is 6.09 Å². The van der Waals surface area contributed by atoms with Gasteiger partial charge in [0.15, 0.2) is 0 Å². The van der Waals surface area contributed by atoms with Gasteiger partial charge in [-0.1, -0.05) is 0 Å². The quantitative estimate of drug-likeness (QED) is 0.781. The molecule has 8 heteroatoms. The first-order chi connectivity index (χ1) is 10.5. The zero-order valence-corrected chi connectivity index (χ0v) is 14.4. The van der Waals surface area contributed by atoms with Crippen molar-refractivity contribution >= 4 is 55.2 Å². The van der Waals surface area contributed by atoms with Crippen LogP contribution < -0.4 is 10.2 Å². The maximum Gasteiger partial charge on any atom is 0.414 e. The van der Waals surface area contributed by atoms with E-state index >= 15 is 0 Å². The zero-order chi connectivity index (χ0) is 15.7. The summed E-state index contributed by atoms with van der Waals surface area (Å²) in [5.41, 5.74) is 1.82. The number of anilines is 2. The fraction of sp³-hybridized carbons (Fsp3) is 0.143. The van der Waals surface area contributed by atoms with Crippen molar-refractivity contribution in [2.75, 3.05) is 23.4 Å². The monoisotopic (exact) mass is 427 g/mol. The molecule has 1 fully saturated rings. The molecule has 6 nitrogen and oxygen atoms in total. The van der Waals surface area contributed by atoms with E-state index in [1.54, 1.807) is 35.2 Å². The minimum Gasteiger partial charge on any atom is -0.447 e. The Hall–Kier alpha value is -1.80. The van der Waals surface area contributed by atoms with E-state index in [4.69, 9.17) is 4.74 Å². The Balaban J connectivity index is 1.70. The molecule has 0 saturated carbocycles. The molecule has 1 saturated heterocycles. The number of amides is 2. The third-order valence-corrected chi connectivity index (χ3v) is 4.95. The van der Waals surface area contributed by atoms with E-state index in [2.05, 4.69) is 42.2 Å². The number of aromatic amines is 1. The molecular formula is C14H11Br2N3O3. The maximum absolute atomic E-state index is 12.1. The number of rotatable bonds is 3. The average molecular weight is 429 g/mol. The molecule has 3 rings (SSSR count). The summed E-state index contributed by atoms with van der Waals surface area (Å²) in [4.78, 5) is 28.0. The largest absolute Gasteiger partial charge is 0.447 e. The fourth-order valence-corrected chi connectivity index (χ4v) is 2.73. The van der Waals surface area contributed by atoms with Crippen LogP contribution >= 0.6 is 31.9 Å². The smallest absolute Gasteiger partial charge is 0.414 e. The van der Waals surface area contributed by atoms with Crippen molar-refractivity contribution in [2.24, 2.45) is 0 Å². The van der Waals surface area contributed by atoms with E-state index in [1.807, 2.05) is 0 Å². The first-order valence-electron chi connectivity index (χ1n) is 6.44. The SMILES string of the molecule is O=C(Nc1ccc(N2CCOC2=O)cc1)c1cc(Br)c(Br)[nH]1. The Morgan fingerprint density at radius 1 is 1.27 bits per heavy atom. The van der Waals surface area contributed by atoms with E-state index in [0.717, 1.165) is 10.2 Å². The van der Waals surface area contributed by atoms with Gasteiger partial charge < -0.3 is 15.0 Å². The van der Waals surface area contributed by atoms with Crippen LogP contribution in [0.25, 0.3) is 0 Å². The van der Waals surface area contributed by atoms with Crippen molar-refractivity contribution in [3.63, 3.8) is 0 Å². The molecule has 1 aliphatic heterocycles. The maximum atomic E-state index is 12.1. The number of cyclic esters (lactones) is 1. The molecule has 2 heterocycles. The Morgan fingerprint density at radius 2 is 2.00 bits per heavy atom. The zero-order valence-electron chi connectivity index (χ0n) is 11.2. The molecule has 2 N–H and O–H groups in total. The number of carbonyl (C=O) groups excluding carboxylic acids is 2. The van der Waals surface area contributed by atoms with Crippen LogP contribution in [0, 0.1) is 0 Å². The third kappa shape index (κ3) is 3.02. The first kappa shape index (κ1) is 15.1. The van der Waals surface area contributed by atoms with Gasteiger partial charge in [-0.25, -0.2) is 4.79 Å². The number of nitrogens with zero attached hydrogens (tertiary/aromatic N) is 1. The summed E-state index contributed by atoms with van der Waals surface area (Å²) in [6, 6.07) is 8.71. The lowest BCUT2D eigenvalue weighted by atomic mass is 10.2. The van der Waals surface area contributed by atoms with Gasteiger partial charge in [0.1, 0.15) is 12.3 Å². The molecule has 2 aromatic rings. The summed E-state index contributed by atoms with van der Waals surface area (Å²) >= 11 is 6.61. The molecule has 2 amide bonds. The highest BCUT2D eigenvalue weighted by atomic mass is 79.9. The molecule has 22 heavy (non-hydrogen) atoms. The second kappa shape index (κ2) is 6.13. The Bertz CT molecular complexity index is 708. The van der Waals surface area contributed by atoms with Crippen molar-refractivity contribution in [1.29, 1.82) is 0 Å². The van der Waals surface area contributed by atoms with Gasteiger partial charge in [0.2, 0.25) is 0 Å². The highest BCUT2D eigenvalue weighted by Gasteiger charge is 2.23. The predicted molar refractivity (Wildman–Crippen MR) is 89.3 cm³/mol. The lowest BCUT2D eigenvalue weighted by molar-refractivity contribution is 0.102. The molecule has 0 spiro atoms. The number of aromatic nitrogens is 1. The summed E-state index contributed by atoms with van der Waals surface area (Å²) in [6.45, 7) is 0.934. The molecule has 0 radical (unpaired) electrons. The molecule has 0 aliphatic carbocycles. The van der Waals surface area contributed by atoms with Crippen LogP contribution in [0.4, 0.5) is 16.2 Å². The van der Waals surface area contributed by atoms with E-state index in [9.17, 15) is 9.59 Å². The topological polar surface area (TPSA) is 74.4 Å². The minimum atomic E-state index is -0.349. The van der Waals surface area contributed by atoms with Gasteiger partial charge in [-0.3, -0.25) is 9.69 Å². The van der Waals surface area contributed by atoms with Crippen LogP contribution in [0.5, 0.6) is 0 Å². The van der Waals surface area contributed by atoms with Crippen molar-refractivity contribution in [3.05, 3.63) is 45.1 Å². The summed E-state index contributed by atoms with van der Waals surface area (Å²) in [5, 5.41) is 2.78. The normalized spacial score (nSPS) is 14.1. The highest BCUT2D eigenvalue weighted by molar-refractivity contribution is 9.13. The van der Waals surface area contributed by atoms with Gasteiger partial charge in [0.05, 0.1) is 15.6 Å². The molecule has 0 unspecified atom stereocenters. The lowest BCUT2D eigenvalue weighted by Crippen LogP contribution is -2.23. The molecule has 1 aromatic heterocycles. The molecular weight excluding hydrogens is 418 g/mol. The first-order valence-corrected chi connectivity index (χ1v) is 8.03. The van der Waals surface area contributed by atoms with Crippen molar-refractivity contribution in [3.8, 4) is 0 Å². The highest BCUT2D eigenvalue weighted by Crippen LogP contribution is 2.24. The second-order valence-electron chi connectivity index (χ2n) is 4.61. The van der Waals surface area contributed by atoms with Crippen molar-refractivity contribution in [1.82, 2.24) is 4.98 Å². The number of H-pyrrole nitrogens is 1. The Kier molecular flexibility index (Phi) is 4.21. The van der Waals surface area contributed by atoms with Crippen molar-refractivity contribution in [2.45, 2.75) is 0 Å². The van der Waals surface area contributed by atoms with Crippen molar-refractivity contribution < 1.29 is 14.3 Å². The van der Waals surface area contributed by atoms with E-state index in [-0.39, 0.29) is 12.0 Å². The number of benzene rings is 1. The second-order valence-corrected chi connectivity index (χ2v) is 6.26. The number of halogens is 2. The minimum absolute atomic E-state index is 0.250. The van der Waals surface area contributed by atoms with Crippen LogP contribution in [0.15, 0.2) is 39.4 Å². The van der Waals surface area contributed by atoms with Gasteiger partial charge in [-0.05, 0) is 62.2 Å². The third-order valence-electron chi connectivity index (χ3n) is 3.17. The van der Waals surface area contributed by atoms with E-state index in [0.29, 0.717) is 29.1 Å². The van der Waals surface area contributed by atoms with Crippen LogP contribution in [-0.2, 0) is 4.74 Å². The molecule has 0 atom stereocenters. The van der Waals surface area contributed by atoms with Gasteiger partial charge in [-0.2, -0.15) is 0 Å². The summed E-state index contributed by atoms with van der Waals surface area (Å²) < 4.78 is 6.38. The fourth-order valence-electron chi connectivity index (χ4n) is 2.08. The van der Waals surface area contributed by atoms with Crippen LogP contribution in [0.2, 0.25) is 0 Å². The molecule has 1 aliphatic rings. The molecule has 0 bridgehead atoms.